The molecule has 1 rings (SSSR count). The van der Waals surface area contributed by atoms with E-state index in [4.69, 9.17) is 5.11 Å². The SMILES string of the molecule is Cc1cccc([N+](=O)[O-])c1C=CCCO. The lowest BCUT2D eigenvalue weighted by atomic mass is 10.1. The van der Waals surface area contributed by atoms with Crippen molar-refractivity contribution >= 4 is 11.8 Å². The third kappa shape index (κ3) is 2.89. The van der Waals surface area contributed by atoms with Crippen molar-refractivity contribution in [1.29, 1.82) is 0 Å². The van der Waals surface area contributed by atoms with E-state index in [-0.39, 0.29) is 12.3 Å². The Bertz CT molecular complexity index is 385. The van der Waals surface area contributed by atoms with Crippen molar-refractivity contribution in [3.8, 4) is 0 Å². The van der Waals surface area contributed by atoms with Crippen LogP contribution in [0.25, 0.3) is 6.08 Å². The van der Waals surface area contributed by atoms with E-state index in [9.17, 15) is 10.1 Å². The summed E-state index contributed by atoms with van der Waals surface area (Å²) in [7, 11) is 0. The van der Waals surface area contributed by atoms with Gasteiger partial charge in [0.1, 0.15) is 0 Å². The van der Waals surface area contributed by atoms with E-state index in [2.05, 4.69) is 0 Å². The van der Waals surface area contributed by atoms with Gasteiger partial charge >= 0.3 is 0 Å². The van der Waals surface area contributed by atoms with Crippen molar-refractivity contribution in [2.75, 3.05) is 6.61 Å². The molecule has 0 amide bonds. The first-order valence-corrected chi connectivity index (χ1v) is 4.68. The molecule has 0 saturated carbocycles. The number of rotatable bonds is 4. The topological polar surface area (TPSA) is 63.4 Å². The second-order valence-electron chi connectivity index (χ2n) is 3.18. The first-order chi connectivity index (χ1) is 7.16. The molecule has 0 fully saturated rings. The van der Waals surface area contributed by atoms with Gasteiger partial charge in [-0.25, -0.2) is 0 Å². The number of aryl methyl sites for hydroxylation is 1. The second-order valence-corrected chi connectivity index (χ2v) is 3.18. The average Bonchev–Trinajstić information content (AvgIpc) is 2.20. The molecule has 0 saturated heterocycles. The lowest BCUT2D eigenvalue weighted by molar-refractivity contribution is -0.385. The summed E-state index contributed by atoms with van der Waals surface area (Å²) in [5.41, 5.74) is 1.57. The highest BCUT2D eigenvalue weighted by Crippen LogP contribution is 2.23. The van der Waals surface area contributed by atoms with Crippen LogP contribution < -0.4 is 0 Å². The molecule has 0 heterocycles. The van der Waals surface area contributed by atoms with Crippen LogP contribution in [0.15, 0.2) is 24.3 Å². The van der Waals surface area contributed by atoms with Crippen molar-refractivity contribution < 1.29 is 10.0 Å². The molecule has 4 heteroatoms. The Morgan fingerprint density at radius 1 is 1.53 bits per heavy atom. The van der Waals surface area contributed by atoms with Gasteiger partial charge in [0.25, 0.3) is 5.69 Å². The van der Waals surface area contributed by atoms with Gasteiger partial charge < -0.3 is 5.11 Å². The predicted molar refractivity (Wildman–Crippen MR) is 58.6 cm³/mol. The molecule has 4 nitrogen and oxygen atoms in total. The maximum atomic E-state index is 10.7. The number of hydrogen-bond donors (Lipinski definition) is 1. The van der Waals surface area contributed by atoms with Gasteiger partial charge in [-0.3, -0.25) is 10.1 Å². The minimum absolute atomic E-state index is 0.0518. The average molecular weight is 207 g/mol. The number of aliphatic hydroxyl groups excluding tert-OH is 1. The summed E-state index contributed by atoms with van der Waals surface area (Å²) >= 11 is 0. The molecule has 0 radical (unpaired) electrons. The van der Waals surface area contributed by atoms with Crippen LogP contribution in [0.4, 0.5) is 5.69 Å². The maximum absolute atomic E-state index is 10.7. The van der Waals surface area contributed by atoms with Gasteiger partial charge in [-0.1, -0.05) is 24.3 Å². The molecule has 0 aliphatic heterocycles. The zero-order chi connectivity index (χ0) is 11.3. The minimum atomic E-state index is -0.397. The fourth-order valence-electron chi connectivity index (χ4n) is 1.32. The van der Waals surface area contributed by atoms with Crippen LogP contribution in [0, 0.1) is 17.0 Å². The number of benzene rings is 1. The Morgan fingerprint density at radius 2 is 2.27 bits per heavy atom. The number of nitro benzene ring substituents is 1. The molecule has 0 aliphatic carbocycles. The molecular formula is C11H13NO3. The third-order valence-electron chi connectivity index (χ3n) is 2.08. The lowest BCUT2D eigenvalue weighted by Crippen LogP contribution is -1.93. The summed E-state index contributed by atoms with van der Waals surface area (Å²) in [6.45, 7) is 1.88. The van der Waals surface area contributed by atoms with E-state index in [1.165, 1.54) is 6.07 Å². The van der Waals surface area contributed by atoms with Crippen molar-refractivity contribution in [2.24, 2.45) is 0 Å². The number of nitrogens with zero attached hydrogens (tertiary/aromatic N) is 1. The molecule has 0 bridgehead atoms. The summed E-state index contributed by atoms with van der Waals surface area (Å²) < 4.78 is 0. The molecule has 80 valence electrons. The van der Waals surface area contributed by atoms with Gasteiger partial charge in [0.2, 0.25) is 0 Å². The van der Waals surface area contributed by atoms with Crippen molar-refractivity contribution in [2.45, 2.75) is 13.3 Å². The van der Waals surface area contributed by atoms with Gasteiger partial charge in [-0.15, -0.1) is 0 Å². The zero-order valence-electron chi connectivity index (χ0n) is 8.51. The Balaban J connectivity index is 3.07. The van der Waals surface area contributed by atoms with E-state index in [1.54, 1.807) is 18.2 Å². The molecule has 0 aromatic heterocycles. The quantitative estimate of drug-likeness (QED) is 0.608. The molecule has 0 aliphatic rings. The van der Waals surface area contributed by atoms with E-state index < -0.39 is 4.92 Å². The molecule has 15 heavy (non-hydrogen) atoms. The largest absolute Gasteiger partial charge is 0.396 e. The third-order valence-corrected chi connectivity index (χ3v) is 2.08. The Labute approximate surface area is 88.0 Å². The Morgan fingerprint density at radius 3 is 2.87 bits per heavy atom. The highest BCUT2D eigenvalue weighted by molar-refractivity contribution is 5.64. The molecule has 0 unspecified atom stereocenters. The summed E-state index contributed by atoms with van der Waals surface area (Å²) in [5, 5.41) is 19.3. The van der Waals surface area contributed by atoms with Gasteiger partial charge in [0.15, 0.2) is 0 Å². The van der Waals surface area contributed by atoms with Crippen LogP contribution >= 0.6 is 0 Å². The van der Waals surface area contributed by atoms with Crippen LogP contribution in [-0.2, 0) is 0 Å². The molecular weight excluding hydrogens is 194 g/mol. The molecule has 0 spiro atoms. The smallest absolute Gasteiger partial charge is 0.276 e. The van der Waals surface area contributed by atoms with Crippen LogP contribution in [0.1, 0.15) is 17.5 Å². The predicted octanol–water partition coefficient (Wildman–Crippen LogP) is 2.30. The van der Waals surface area contributed by atoms with Crippen molar-refractivity contribution in [3.63, 3.8) is 0 Å². The van der Waals surface area contributed by atoms with Gasteiger partial charge in [0, 0.05) is 12.7 Å². The Kier molecular flexibility index (Phi) is 4.00. The van der Waals surface area contributed by atoms with Crippen molar-refractivity contribution in [3.05, 3.63) is 45.5 Å². The number of hydrogen-bond acceptors (Lipinski definition) is 3. The minimum Gasteiger partial charge on any atom is -0.396 e. The maximum Gasteiger partial charge on any atom is 0.276 e. The van der Waals surface area contributed by atoms with Crippen LogP contribution in [0.2, 0.25) is 0 Å². The van der Waals surface area contributed by atoms with Crippen LogP contribution in [0.5, 0.6) is 0 Å². The van der Waals surface area contributed by atoms with E-state index in [0.717, 1.165) is 5.56 Å². The molecule has 1 aromatic rings. The molecule has 1 aromatic carbocycles. The lowest BCUT2D eigenvalue weighted by Gasteiger charge is -2.01. The monoisotopic (exact) mass is 207 g/mol. The highest BCUT2D eigenvalue weighted by atomic mass is 16.6. The normalized spacial score (nSPS) is 10.8. The molecule has 1 N–H and O–H groups in total. The summed E-state index contributed by atoms with van der Waals surface area (Å²) in [5.74, 6) is 0. The highest BCUT2D eigenvalue weighted by Gasteiger charge is 2.11. The van der Waals surface area contributed by atoms with Gasteiger partial charge in [0.05, 0.1) is 10.5 Å². The van der Waals surface area contributed by atoms with E-state index in [0.29, 0.717) is 12.0 Å². The fourth-order valence-corrected chi connectivity index (χ4v) is 1.32. The molecule has 0 atom stereocenters. The second kappa shape index (κ2) is 5.26. The summed E-state index contributed by atoms with van der Waals surface area (Å²) in [4.78, 5) is 10.3. The number of aliphatic hydroxyl groups is 1. The van der Waals surface area contributed by atoms with Crippen LogP contribution in [-0.4, -0.2) is 16.6 Å². The standard InChI is InChI=1S/C11H13NO3/c1-9-5-4-7-11(12(14)15)10(9)6-2-3-8-13/h2,4-7,13H,3,8H2,1H3. The first-order valence-electron chi connectivity index (χ1n) is 4.68. The zero-order valence-corrected chi connectivity index (χ0v) is 8.51. The van der Waals surface area contributed by atoms with Crippen molar-refractivity contribution in [1.82, 2.24) is 0 Å². The van der Waals surface area contributed by atoms with Crippen LogP contribution in [0.3, 0.4) is 0 Å². The first kappa shape index (κ1) is 11.4. The summed E-state index contributed by atoms with van der Waals surface area (Å²) in [6, 6.07) is 4.97. The fraction of sp³-hybridized carbons (Fsp3) is 0.273. The summed E-state index contributed by atoms with van der Waals surface area (Å²) in [6.07, 6.45) is 3.92. The number of nitro groups is 1. The van der Waals surface area contributed by atoms with Gasteiger partial charge in [-0.05, 0) is 18.9 Å². The van der Waals surface area contributed by atoms with E-state index >= 15 is 0 Å². The Hall–Kier alpha value is -1.68. The van der Waals surface area contributed by atoms with E-state index in [1.807, 2.05) is 13.0 Å². The van der Waals surface area contributed by atoms with Gasteiger partial charge in [-0.2, -0.15) is 0 Å².